The Morgan fingerprint density at radius 2 is 1.76 bits per heavy atom. The monoisotopic (exact) mass is 523 g/mol. The summed E-state index contributed by atoms with van der Waals surface area (Å²) in [5, 5.41) is 2.58. The summed E-state index contributed by atoms with van der Waals surface area (Å²) >= 11 is 0. The Labute approximate surface area is 219 Å². The van der Waals surface area contributed by atoms with Gasteiger partial charge in [-0.1, -0.05) is 12.1 Å². The van der Waals surface area contributed by atoms with Crippen molar-refractivity contribution in [1.82, 2.24) is 10.4 Å². The van der Waals surface area contributed by atoms with E-state index in [1.165, 1.54) is 26.2 Å². The van der Waals surface area contributed by atoms with E-state index in [-0.39, 0.29) is 22.9 Å². The zero-order valence-electron chi connectivity index (χ0n) is 21.4. The van der Waals surface area contributed by atoms with E-state index in [4.69, 9.17) is 9.47 Å². The van der Waals surface area contributed by atoms with E-state index in [0.29, 0.717) is 17.1 Å². The second kappa shape index (κ2) is 11.3. The molecule has 0 spiro atoms. The molecule has 0 aromatic heterocycles. The molecule has 200 valence electrons. The molecule has 1 aliphatic carbocycles. The lowest BCUT2D eigenvalue weighted by Gasteiger charge is -2.27. The average Bonchev–Trinajstić information content (AvgIpc) is 3.47. The number of ether oxygens (including phenoxy) is 2. The van der Waals surface area contributed by atoms with Crippen LogP contribution in [0, 0.1) is 0 Å². The van der Waals surface area contributed by atoms with E-state index in [0.717, 1.165) is 37.5 Å². The Hall–Kier alpha value is -4.41. The first-order chi connectivity index (χ1) is 18.2. The van der Waals surface area contributed by atoms with Crippen LogP contribution in [0.4, 0.5) is 5.69 Å². The van der Waals surface area contributed by atoms with Gasteiger partial charge in [0.15, 0.2) is 11.5 Å². The van der Waals surface area contributed by atoms with E-state index in [9.17, 15) is 24.0 Å². The first-order valence-electron chi connectivity index (χ1n) is 12.3. The second-order valence-corrected chi connectivity index (χ2v) is 9.16. The molecule has 1 atom stereocenters. The Kier molecular flexibility index (Phi) is 7.94. The molecule has 11 heteroatoms. The number of imide groups is 1. The number of hydroxylamine groups is 1. The summed E-state index contributed by atoms with van der Waals surface area (Å²) in [6.07, 6.45) is 3.50. The van der Waals surface area contributed by atoms with Crippen molar-refractivity contribution < 1.29 is 38.3 Å². The number of fused-ring (bicyclic) bond motifs is 1. The highest BCUT2D eigenvalue weighted by atomic mass is 16.7. The number of benzene rings is 2. The largest absolute Gasteiger partial charge is 0.493 e. The van der Waals surface area contributed by atoms with Crippen molar-refractivity contribution >= 4 is 35.3 Å². The lowest BCUT2D eigenvalue weighted by molar-refractivity contribution is -0.156. The van der Waals surface area contributed by atoms with Gasteiger partial charge in [-0.05, 0) is 55.5 Å². The summed E-state index contributed by atoms with van der Waals surface area (Å²) in [6.45, 7) is 2.42. The Morgan fingerprint density at radius 3 is 2.42 bits per heavy atom. The first-order valence-corrected chi connectivity index (χ1v) is 12.3. The molecule has 1 unspecified atom stereocenters. The molecule has 1 fully saturated rings. The molecular formula is C27H29N3O8. The maximum absolute atomic E-state index is 13.6. The van der Waals surface area contributed by atoms with Crippen molar-refractivity contribution in [1.29, 1.82) is 0 Å². The van der Waals surface area contributed by atoms with Gasteiger partial charge in [0.2, 0.25) is 5.91 Å². The number of nitrogens with zero attached hydrogens (tertiary/aromatic N) is 1. The van der Waals surface area contributed by atoms with Crippen LogP contribution in [-0.2, 0) is 19.2 Å². The number of anilines is 1. The molecular weight excluding hydrogens is 494 g/mol. The van der Waals surface area contributed by atoms with Crippen LogP contribution in [0.5, 0.6) is 11.5 Å². The number of amides is 4. The van der Waals surface area contributed by atoms with Gasteiger partial charge in [-0.25, -0.2) is 0 Å². The van der Waals surface area contributed by atoms with Gasteiger partial charge in [-0.3, -0.25) is 28.9 Å². The summed E-state index contributed by atoms with van der Waals surface area (Å²) in [5.74, 6) is -2.26. The molecule has 38 heavy (non-hydrogen) atoms. The molecule has 2 N–H and O–H groups in total. The van der Waals surface area contributed by atoms with Gasteiger partial charge in [0.25, 0.3) is 17.7 Å². The summed E-state index contributed by atoms with van der Waals surface area (Å²) in [5.41, 5.74) is 2.81. The minimum absolute atomic E-state index is 0.00406. The van der Waals surface area contributed by atoms with Crippen LogP contribution >= 0.6 is 0 Å². The standard InChI is InChI=1S/C27H29N3O8/c1-15(31)28-20-10-6-9-19-25(20)27(35)30(26(19)34)21(14-24(33)29-38-16(2)32)17-11-12-22(36-3)23(13-17)37-18-7-4-5-8-18/h6,9-13,18,21H,4-5,7-8,14H2,1-3H3,(H,28,31)(H,29,33). The molecule has 1 saturated carbocycles. The summed E-state index contributed by atoms with van der Waals surface area (Å²) in [7, 11) is 1.51. The van der Waals surface area contributed by atoms with E-state index in [1.54, 1.807) is 24.3 Å². The quantitative estimate of drug-likeness (QED) is 0.397. The fourth-order valence-corrected chi connectivity index (χ4v) is 4.76. The highest BCUT2D eigenvalue weighted by molar-refractivity contribution is 6.24. The third-order valence-electron chi connectivity index (χ3n) is 6.42. The smallest absolute Gasteiger partial charge is 0.329 e. The van der Waals surface area contributed by atoms with Crippen molar-refractivity contribution in [3.8, 4) is 11.5 Å². The summed E-state index contributed by atoms with van der Waals surface area (Å²) < 4.78 is 11.6. The van der Waals surface area contributed by atoms with Crippen LogP contribution in [0.3, 0.4) is 0 Å². The lowest BCUT2D eigenvalue weighted by Crippen LogP contribution is -2.38. The van der Waals surface area contributed by atoms with Crippen molar-refractivity contribution in [3.05, 3.63) is 53.1 Å². The molecule has 2 aromatic carbocycles. The number of methoxy groups -OCH3 is 1. The predicted octanol–water partition coefficient (Wildman–Crippen LogP) is 3.30. The molecule has 0 saturated heterocycles. The molecule has 1 aliphatic heterocycles. The minimum Gasteiger partial charge on any atom is -0.493 e. The van der Waals surface area contributed by atoms with E-state index >= 15 is 0 Å². The van der Waals surface area contributed by atoms with Crippen molar-refractivity contribution in [3.63, 3.8) is 0 Å². The van der Waals surface area contributed by atoms with E-state index < -0.39 is 42.1 Å². The average molecular weight is 524 g/mol. The van der Waals surface area contributed by atoms with E-state index in [2.05, 4.69) is 10.2 Å². The molecule has 1 heterocycles. The molecule has 4 amide bonds. The van der Waals surface area contributed by atoms with Gasteiger partial charge in [-0.15, -0.1) is 0 Å². The highest BCUT2D eigenvalue weighted by Gasteiger charge is 2.43. The molecule has 4 rings (SSSR count). The summed E-state index contributed by atoms with van der Waals surface area (Å²) in [6, 6.07) is 8.43. The lowest BCUT2D eigenvalue weighted by atomic mass is 10.0. The topological polar surface area (TPSA) is 140 Å². The van der Waals surface area contributed by atoms with Gasteiger partial charge < -0.3 is 19.6 Å². The van der Waals surface area contributed by atoms with Crippen LogP contribution in [0.25, 0.3) is 0 Å². The molecule has 2 aliphatic rings. The minimum atomic E-state index is -1.08. The maximum Gasteiger partial charge on any atom is 0.329 e. The van der Waals surface area contributed by atoms with Crippen LogP contribution in [0.15, 0.2) is 36.4 Å². The number of hydrogen-bond acceptors (Lipinski definition) is 8. The number of carbonyl (C=O) groups is 5. The Morgan fingerprint density at radius 1 is 1.03 bits per heavy atom. The fourth-order valence-electron chi connectivity index (χ4n) is 4.76. The number of rotatable bonds is 8. The van der Waals surface area contributed by atoms with Crippen molar-refractivity contribution in [2.75, 3.05) is 12.4 Å². The number of nitrogens with one attached hydrogen (secondary N) is 2. The third-order valence-corrected chi connectivity index (χ3v) is 6.42. The Balaban J connectivity index is 1.74. The van der Waals surface area contributed by atoms with Gasteiger partial charge >= 0.3 is 5.97 Å². The molecule has 0 bridgehead atoms. The number of hydrogen-bond donors (Lipinski definition) is 2. The van der Waals surface area contributed by atoms with Gasteiger partial charge in [0.1, 0.15) is 0 Å². The predicted molar refractivity (Wildman–Crippen MR) is 134 cm³/mol. The Bertz CT molecular complexity index is 1290. The first kappa shape index (κ1) is 26.6. The molecule has 0 radical (unpaired) electrons. The van der Waals surface area contributed by atoms with E-state index in [1.807, 2.05) is 5.48 Å². The maximum atomic E-state index is 13.6. The third kappa shape index (κ3) is 5.61. The van der Waals surface area contributed by atoms with Crippen LogP contribution in [-0.4, -0.2) is 47.7 Å². The second-order valence-electron chi connectivity index (χ2n) is 9.16. The molecule has 2 aromatic rings. The van der Waals surface area contributed by atoms with Gasteiger partial charge in [0, 0.05) is 13.8 Å². The normalized spacial score (nSPS) is 15.6. The van der Waals surface area contributed by atoms with Gasteiger partial charge in [0.05, 0.1) is 42.5 Å². The van der Waals surface area contributed by atoms with Crippen molar-refractivity contribution in [2.24, 2.45) is 0 Å². The van der Waals surface area contributed by atoms with Crippen LogP contribution < -0.4 is 20.3 Å². The fraction of sp³-hybridized carbons (Fsp3) is 0.370. The summed E-state index contributed by atoms with van der Waals surface area (Å²) in [4.78, 5) is 68.4. The number of carbonyl (C=O) groups excluding carboxylic acids is 5. The van der Waals surface area contributed by atoms with Crippen molar-refractivity contribution in [2.45, 2.75) is 58.1 Å². The SMILES string of the molecule is COc1ccc(C(CC(=O)NOC(C)=O)N2C(=O)c3cccc(NC(C)=O)c3C2=O)cc1OC1CCCC1. The zero-order chi connectivity index (χ0) is 27.4. The van der Waals surface area contributed by atoms with Crippen LogP contribution in [0.1, 0.15) is 78.3 Å². The van der Waals surface area contributed by atoms with Gasteiger partial charge in [-0.2, -0.15) is 5.48 Å². The highest BCUT2D eigenvalue weighted by Crippen LogP contribution is 2.40. The van der Waals surface area contributed by atoms with Crippen LogP contribution in [0.2, 0.25) is 0 Å². The molecule has 11 nitrogen and oxygen atoms in total. The zero-order valence-corrected chi connectivity index (χ0v) is 21.4.